The van der Waals surface area contributed by atoms with Crippen LogP contribution < -0.4 is 11.1 Å². The number of para-hydroxylation sites is 1. The summed E-state index contributed by atoms with van der Waals surface area (Å²) >= 11 is 0. The summed E-state index contributed by atoms with van der Waals surface area (Å²) < 4.78 is 5.73. The fourth-order valence-electron chi connectivity index (χ4n) is 2.75. The molecule has 1 fully saturated rings. The Labute approximate surface area is 114 Å². The molecular weight excluding hydrogens is 240 g/mol. The lowest BCUT2D eigenvalue weighted by atomic mass is 9.98. The number of anilines is 1. The third kappa shape index (κ3) is 3.96. The largest absolute Gasteiger partial charge is 0.382 e. The number of primary amides is 1. The zero-order valence-electron chi connectivity index (χ0n) is 11.6. The second-order valence-corrected chi connectivity index (χ2v) is 5.37. The van der Waals surface area contributed by atoms with E-state index in [2.05, 4.69) is 19.2 Å². The quantitative estimate of drug-likeness (QED) is 0.873. The Morgan fingerprint density at radius 1 is 1.32 bits per heavy atom. The Morgan fingerprint density at radius 3 is 2.58 bits per heavy atom. The van der Waals surface area contributed by atoms with E-state index in [1.165, 1.54) is 0 Å². The van der Waals surface area contributed by atoms with Crippen molar-refractivity contribution in [2.45, 2.75) is 51.4 Å². The van der Waals surface area contributed by atoms with Crippen molar-refractivity contribution in [3.8, 4) is 0 Å². The van der Waals surface area contributed by atoms with Crippen molar-refractivity contribution in [1.82, 2.24) is 0 Å². The lowest BCUT2D eigenvalue weighted by Gasteiger charge is -2.33. The average molecular weight is 262 g/mol. The summed E-state index contributed by atoms with van der Waals surface area (Å²) in [4.78, 5) is 11.1. The molecule has 1 aromatic rings. The van der Waals surface area contributed by atoms with Crippen LogP contribution in [0, 0.1) is 0 Å². The van der Waals surface area contributed by atoms with Gasteiger partial charge in [-0.15, -0.1) is 0 Å². The van der Waals surface area contributed by atoms with E-state index in [0.29, 0.717) is 6.04 Å². The molecular formula is C15H22N2O2. The molecule has 104 valence electrons. The molecule has 2 rings (SSSR count). The highest BCUT2D eigenvalue weighted by Gasteiger charge is 2.24. The van der Waals surface area contributed by atoms with Crippen molar-refractivity contribution in [3.63, 3.8) is 0 Å². The minimum atomic E-state index is -0.303. The molecule has 0 aliphatic carbocycles. The van der Waals surface area contributed by atoms with Crippen LogP contribution in [0.25, 0.3) is 0 Å². The zero-order valence-corrected chi connectivity index (χ0v) is 11.6. The van der Waals surface area contributed by atoms with Gasteiger partial charge in [-0.3, -0.25) is 4.79 Å². The second-order valence-electron chi connectivity index (χ2n) is 5.37. The molecule has 1 amide bonds. The van der Waals surface area contributed by atoms with Crippen LogP contribution in [-0.2, 0) is 16.0 Å². The van der Waals surface area contributed by atoms with Crippen LogP contribution in [0.2, 0.25) is 0 Å². The Kier molecular flexibility index (Phi) is 4.43. The molecule has 19 heavy (non-hydrogen) atoms. The van der Waals surface area contributed by atoms with Gasteiger partial charge in [-0.2, -0.15) is 0 Å². The molecule has 0 spiro atoms. The maximum absolute atomic E-state index is 11.1. The molecule has 4 nitrogen and oxygen atoms in total. The third-order valence-electron chi connectivity index (χ3n) is 3.44. The van der Waals surface area contributed by atoms with Crippen LogP contribution in [-0.4, -0.2) is 24.2 Å². The fraction of sp³-hybridized carbons (Fsp3) is 0.533. The lowest BCUT2D eigenvalue weighted by molar-refractivity contribution is -0.117. The first-order chi connectivity index (χ1) is 9.04. The van der Waals surface area contributed by atoms with Gasteiger partial charge >= 0.3 is 0 Å². The Balaban J connectivity index is 2.07. The summed E-state index contributed by atoms with van der Waals surface area (Å²) in [5.41, 5.74) is 7.25. The first-order valence-corrected chi connectivity index (χ1v) is 6.83. The zero-order chi connectivity index (χ0) is 13.8. The average Bonchev–Trinajstić information content (AvgIpc) is 2.29. The predicted molar refractivity (Wildman–Crippen MR) is 76.0 cm³/mol. The Hall–Kier alpha value is -1.55. The predicted octanol–water partition coefficient (Wildman–Crippen LogP) is 2.08. The standard InChI is InChI=1S/C15H22N2O2/c1-10-7-13(8-11(2)19-10)17-14-6-4-3-5-12(14)9-15(16)18/h3-6,10-11,13,17H,7-9H2,1-2H3,(H2,16,18). The monoisotopic (exact) mass is 262 g/mol. The third-order valence-corrected chi connectivity index (χ3v) is 3.44. The number of carbonyl (C=O) groups is 1. The summed E-state index contributed by atoms with van der Waals surface area (Å²) in [6, 6.07) is 8.23. The summed E-state index contributed by atoms with van der Waals surface area (Å²) in [5.74, 6) is -0.303. The minimum absolute atomic E-state index is 0.268. The normalized spacial score (nSPS) is 26.9. The van der Waals surface area contributed by atoms with E-state index in [9.17, 15) is 4.79 Å². The van der Waals surface area contributed by atoms with E-state index in [-0.39, 0.29) is 24.5 Å². The van der Waals surface area contributed by atoms with Crippen LogP contribution in [0.4, 0.5) is 5.69 Å². The molecule has 1 heterocycles. The first-order valence-electron chi connectivity index (χ1n) is 6.83. The Bertz CT molecular complexity index is 438. The molecule has 3 N–H and O–H groups in total. The number of carbonyl (C=O) groups excluding carboxylic acids is 1. The van der Waals surface area contributed by atoms with Gasteiger partial charge in [0.2, 0.25) is 5.91 Å². The fourth-order valence-corrected chi connectivity index (χ4v) is 2.75. The SMILES string of the molecule is CC1CC(Nc2ccccc2CC(N)=O)CC(C)O1. The highest BCUT2D eigenvalue weighted by molar-refractivity contribution is 5.78. The molecule has 1 aliphatic rings. The van der Waals surface area contributed by atoms with Gasteiger partial charge < -0.3 is 15.8 Å². The number of nitrogens with two attached hydrogens (primary N) is 1. The van der Waals surface area contributed by atoms with Crippen molar-refractivity contribution < 1.29 is 9.53 Å². The van der Waals surface area contributed by atoms with Gasteiger partial charge in [0.15, 0.2) is 0 Å². The van der Waals surface area contributed by atoms with Gasteiger partial charge in [-0.25, -0.2) is 0 Å². The maximum Gasteiger partial charge on any atom is 0.221 e. The highest BCUT2D eigenvalue weighted by atomic mass is 16.5. The summed E-state index contributed by atoms with van der Waals surface area (Å²) in [6.07, 6.45) is 2.77. The van der Waals surface area contributed by atoms with Gasteiger partial charge in [0.25, 0.3) is 0 Å². The minimum Gasteiger partial charge on any atom is -0.382 e. The van der Waals surface area contributed by atoms with Crippen molar-refractivity contribution in [2.75, 3.05) is 5.32 Å². The first kappa shape index (κ1) is 13.9. The second kappa shape index (κ2) is 6.06. The van der Waals surface area contributed by atoms with E-state index in [4.69, 9.17) is 10.5 Å². The number of hydrogen-bond donors (Lipinski definition) is 2. The van der Waals surface area contributed by atoms with E-state index < -0.39 is 0 Å². The van der Waals surface area contributed by atoms with Gasteiger partial charge in [-0.1, -0.05) is 18.2 Å². The molecule has 0 bridgehead atoms. The number of hydrogen-bond acceptors (Lipinski definition) is 3. The molecule has 1 aromatic carbocycles. The van der Waals surface area contributed by atoms with Crippen LogP contribution in [0.3, 0.4) is 0 Å². The van der Waals surface area contributed by atoms with E-state index in [1.54, 1.807) is 0 Å². The molecule has 0 saturated carbocycles. The van der Waals surface area contributed by atoms with Gasteiger partial charge in [0.05, 0.1) is 18.6 Å². The van der Waals surface area contributed by atoms with E-state index >= 15 is 0 Å². The van der Waals surface area contributed by atoms with Gasteiger partial charge in [0.1, 0.15) is 0 Å². The van der Waals surface area contributed by atoms with Crippen LogP contribution in [0.1, 0.15) is 32.3 Å². The summed E-state index contributed by atoms with van der Waals surface area (Å²) in [7, 11) is 0. The van der Waals surface area contributed by atoms with Crippen LogP contribution in [0.15, 0.2) is 24.3 Å². The van der Waals surface area contributed by atoms with Crippen LogP contribution >= 0.6 is 0 Å². The van der Waals surface area contributed by atoms with Crippen LogP contribution in [0.5, 0.6) is 0 Å². The summed E-state index contributed by atoms with van der Waals surface area (Å²) in [6.45, 7) is 4.19. The van der Waals surface area contributed by atoms with Gasteiger partial charge in [0, 0.05) is 11.7 Å². The maximum atomic E-state index is 11.1. The highest BCUT2D eigenvalue weighted by Crippen LogP contribution is 2.24. The van der Waals surface area contributed by atoms with Crippen molar-refractivity contribution in [2.24, 2.45) is 5.73 Å². The molecule has 4 heteroatoms. The number of benzene rings is 1. The molecule has 1 aliphatic heterocycles. The van der Waals surface area contributed by atoms with E-state index in [0.717, 1.165) is 24.1 Å². The van der Waals surface area contributed by atoms with Crippen molar-refractivity contribution >= 4 is 11.6 Å². The number of rotatable bonds is 4. The van der Waals surface area contributed by atoms with E-state index in [1.807, 2.05) is 24.3 Å². The Morgan fingerprint density at radius 2 is 1.95 bits per heavy atom. The van der Waals surface area contributed by atoms with Crippen molar-refractivity contribution in [1.29, 1.82) is 0 Å². The number of amides is 1. The van der Waals surface area contributed by atoms with Gasteiger partial charge in [-0.05, 0) is 38.3 Å². The van der Waals surface area contributed by atoms with Crippen molar-refractivity contribution in [3.05, 3.63) is 29.8 Å². The number of ether oxygens (including phenoxy) is 1. The molecule has 2 unspecified atom stereocenters. The molecule has 0 aromatic heterocycles. The topological polar surface area (TPSA) is 64.3 Å². The number of nitrogens with one attached hydrogen (secondary N) is 1. The molecule has 2 atom stereocenters. The summed E-state index contributed by atoms with van der Waals surface area (Å²) in [5, 5.41) is 3.53. The smallest absolute Gasteiger partial charge is 0.221 e. The molecule has 0 radical (unpaired) electrons. The molecule has 1 saturated heterocycles. The lowest BCUT2D eigenvalue weighted by Crippen LogP contribution is -2.37.